The third kappa shape index (κ3) is 7.27. The van der Waals surface area contributed by atoms with Gasteiger partial charge in [-0.05, 0) is 48.6 Å². The van der Waals surface area contributed by atoms with Gasteiger partial charge in [0.1, 0.15) is 5.82 Å². The van der Waals surface area contributed by atoms with Crippen LogP contribution in [-0.4, -0.2) is 25.5 Å². The Morgan fingerprint density at radius 2 is 1.87 bits per heavy atom. The molecule has 1 aliphatic rings. The molecule has 0 spiro atoms. The van der Waals surface area contributed by atoms with E-state index in [-0.39, 0.29) is 41.6 Å². The Balaban J connectivity index is 0.00000320. The first-order chi connectivity index (χ1) is 14.2. The number of carbonyl (C=O) groups is 1. The minimum Gasteiger partial charge on any atom is -0.356 e. The summed E-state index contributed by atoms with van der Waals surface area (Å²) < 4.78 is 13.7. The maximum atomic E-state index is 13.7. The van der Waals surface area contributed by atoms with Crippen LogP contribution < -0.4 is 16.0 Å². The van der Waals surface area contributed by atoms with E-state index < -0.39 is 0 Å². The summed E-state index contributed by atoms with van der Waals surface area (Å²) in [6.07, 6.45) is 4.84. The van der Waals surface area contributed by atoms with Crippen molar-refractivity contribution in [1.82, 2.24) is 10.6 Å². The van der Waals surface area contributed by atoms with Crippen molar-refractivity contribution in [2.75, 3.05) is 18.9 Å². The molecule has 3 N–H and O–H groups in total. The normalized spacial score (nSPS) is 14.1. The van der Waals surface area contributed by atoms with Crippen molar-refractivity contribution in [3.63, 3.8) is 0 Å². The molecule has 5 nitrogen and oxygen atoms in total. The molecule has 0 atom stereocenters. The molecule has 0 radical (unpaired) electrons. The molecule has 0 bridgehead atoms. The van der Waals surface area contributed by atoms with Crippen molar-refractivity contribution in [2.24, 2.45) is 10.9 Å². The number of hydrogen-bond donors (Lipinski definition) is 3. The predicted molar refractivity (Wildman–Crippen MR) is 131 cm³/mol. The maximum absolute atomic E-state index is 13.7. The van der Waals surface area contributed by atoms with E-state index in [4.69, 9.17) is 0 Å². The lowest BCUT2D eigenvalue weighted by atomic mass is 10.1. The molecule has 0 saturated heterocycles. The topological polar surface area (TPSA) is 65.5 Å². The molecule has 0 aromatic heterocycles. The summed E-state index contributed by atoms with van der Waals surface area (Å²) in [5.41, 5.74) is 2.55. The van der Waals surface area contributed by atoms with Gasteiger partial charge in [0, 0.05) is 31.7 Å². The monoisotopic (exact) mass is 524 g/mol. The van der Waals surface area contributed by atoms with Crippen LogP contribution in [0.15, 0.2) is 53.5 Å². The molecule has 1 aliphatic carbocycles. The fraction of sp³-hybridized carbons (Fsp3) is 0.391. The standard InChI is InChI=1S/C23H29FN4O.HI/c1-25-23(26-14-13-18-8-4-5-12-21(18)24)27-16-17-7-6-11-20(15-17)28-22(29)19-9-2-3-10-19;/h4-8,11-12,15,19H,2-3,9-10,13-14,16H2,1H3,(H,28,29)(H2,25,26,27);1H. The maximum Gasteiger partial charge on any atom is 0.227 e. The highest BCUT2D eigenvalue weighted by Gasteiger charge is 2.22. The molecular weight excluding hydrogens is 494 g/mol. The van der Waals surface area contributed by atoms with E-state index in [9.17, 15) is 9.18 Å². The Morgan fingerprint density at radius 3 is 2.60 bits per heavy atom. The molecule has 1 amide bonds. The Kier molecular flexibility index (Phi) is 10.1. The lowest BCUT2D eigenvalue weighted by Crippen LogP contribution is -2.37. The van der Waals surface area contributed by atoms with Crippen molar-refractivity contribution in [3.8, 4) is 0 Å². The Labute approximate surface area is 195 Å². The van der Waals surface area contributed by atoms with Crippen LogP contribution in [0.25, 0.3) is 0 Å². The van der Waals surface area contributed by atoms with Gasteiger partial charge in [-0.1, -0.05) is 43.2 Å². The lowest BCUT2D eigenvalue weighted by molar-refractivity contribution is -0.119. The van der Waals surface area contributed by atoms with Gasteiger partial charge in [0.2, 0.25) is 5.91 Å². The minimum atomic E-state index is -0.186. The number of guanidine groups is 1. The number of rotatable bonds is 7. The van der Waals surface area contributed by atoms with E-state index in [1.807, 2.05) is 30.3 Å². The third-order valence-corrected chi connectivity index (χ3v) is 5.25. The molecule has 2 aromatic rings. The molecule has 1 saturated carbocycles. The number of hydrogen-bond acceptors (Lipinski definition) is 2. The van der Waals surface area contributed by atoms with Gasteiger partial charge in [-0.25, -0.2) is 4.39 Å². The number of carbonyl (C=O) groups excluding carboxylic acids is 1. The second kappa shape index (κ2) is 12.5. The molecular formula is C23H30FIN4O. The molecule has 1 fully saturated rings. The minimum absolute atomic E-state index is 0. The summed E-state index contributed by atoms with van der Waals surface area (Å²) in [6, 6.07) is 14.6. The first kappa shape index (κ1) is 24.1. The molecule has 7 heteroatoms. The highest BCUT2D eigenvalue weighted by atomic mass is 127. The van der Waals surface area contributed by atoms with Crippen LogP contribution in [0.4, 0.5) is 10.1 Å². The summed E-state index contributed by atoms with van der Waals surface area (Å²) in [4.78, 5) is 16.5. The SMILES string of the molecule is CN=C(NCCc1ccccc1F)NCc1cccc(NC(=O)C2CCCC2)c1.I. The number of anilines is 1. The van der Waals surface area contributed by atoms with Crippen LogP contribution in [0.5, 0.6) is 0 Å². The smallest absolute Gasteiger partial charge is 0.227 e. The van der Waals surface area contributed by atoms with Crippen molar-refractivity contribution in [1.29, 1.82) is 0 Å². The van der Waals surface area contributed by atoms with Gasteiger partial charge < -0.3 is 16.0 Å². The molecule has 0 heterocycles. The van der Waals surface area contributed by atoms with Gasteiger partial charge in [-0.15, -0.1) is 24.0 Å². The van der Waals surface area contributed by atoms with Gasteiger partial charge in [-0.3, -0.25) is 9.79 Å². The number of amides is 1. The second-order valence-corrected chi connectivity index (χ2v) is 7.36. The lowest BCUT2D eigenvalue weighted by Gasteiger charge is -2.14. The first-order valence-corrected chi connectivity index (χ1v) is 10.2. The summed E-state index contributed by atoms with van der Waals surface area (Å²) in [6.45, 7) is 1.16. The zero-order valence-electron chi connectivity index (χ0n) is 17.3. The van der Waals surface area contributed by atoms with Gasteiger partial charge >= 0.3 is 0 Å². The van der Waals surface area contributed by atoms with Gasteiger partial charge in [0.15, 0.2) is 5.96 Å². The summed E-state index contributed by atoms with van der Waals surface area (Å²) >= 11 is 0. The van der Waals surface area contributed by atoms with Gasteiger partial charge in [-0.2, -0.15) is 0 Å². The fourth-order valence-electron chi connectivity index (χ4n) is 3.61. The van der Waals surface area contributed by atoms with Crippen molar-refractivity contribution >= 4 is 41.5 Å². The number of nitrogens with one attached hydrogen (secondary N) is 3. The Morgan fingerprint density at radius 1 is 1.10 bits per heavy atom. The van der Waals surface area contributed by atoms with E-state index in [0.717, 1.165) is 36.9 Å². The molecule has 0 unspecified atom stereocenters. The quantitative estimate of drug-likeness (QED) is 0.285. The van der Waals surface area contributed by atoms with E-state index in [1.54, 1.807) is 19.2 Å². The van der Waals surface area contributed by atoms with Crippen molar-refractivity contribution in [3.05, 3.63) is 65.5 Å². The number of nitrogens with zero attached hydrogens (tertiary/aromatic N) is 1. The molecule has 2 aromatic carbocycles. The third-order valence-electron chi connectivity index (χ3n) is 5.25. The van der Waals surface area contributed by atoms with E-state index in [2.05, 4.69) is 20.9 Å². The van der Waals surface area contributed by atoms with Crippen LogP contribution in [-0.2, 0) is 17.8 Å². The van der Waals surface area contributed by atoms with Crippen LogP contribution in [0, 0.1) is 11.7 Å². The average molecular weight is 524 g/mol. The Hall–Kier alpha value is -2.16. The number of halogens is 2. The predicted octanol–water partition coefficient (Wildman–Crippen LogP) is 4.48. The molecule has 3 rings (SSSR count). The zero-order valence-corrected chi connectivity index (χ0v) is 19.6. The molecule has 162 valence electrons. The van der Waals surface area contributed by atoms with Crippen LogP contribution in [0.3, 0.4) is 0 Å². The van der Waals surface area contributed by atoms with Crippen molar-refractivity contribution < 1.29 is 9.18 Å². The summed E-state index contributed by atoms with van der Waals surface area (Å²) in [5.74, 6) is 0.739. The fourth-order valence-corrected chi connectivity index (χ4v) is 3.61. The zero-order chi connectivity index (χ0) is 20.5. The van der Waals surface area contributed by atoms with E-state index >= 15 is 0 Å². The highest BCUT2D eigenvalue weighted by molar-refractivity contribution is 14.0. The molecule has 30 heavy (non-hydrogen) atoms. The van der Waals surface area contributed by atoms with Gasteiger partial charge in [0.25, 0.3) is 0 Å². The van der Waals surface area contributed by atoms with Crippen LogP contribution in [0.2, 0.25) is 0 Å². The first-order valence-electron chi connectivity index (χ1n) is 10.2. The largest absolute Gasteiger partial charge is 0.356 e. The number of aliphatic imine (C=N–C) groups is 1. The summed E-state index contributed by atoms with van der Waals surface area (Å²) in [5, 5.41) is 9.49. The van der Waals surface area contributed by atoms with Crippen LogP contribution in [0.1, 0.15) is 36.8 Å². The highest BCUT2D eigenvalue weighted by Crippen LogP contribution is 2.26. The second-order valence-electron chi connectivity index (χ2n) is 7.36. The van der Waals surface area contributed by atoms with Gasteiger partial charge in [0.05, 0.1) is 0 Å². The molecule has 0 aliphatic heterocycles. The van der Waals surface area contributed by atoms with E-state index in [1.165, 1.54) is 6.07 Å². The van der Waals surface area contributed by atoms with Crippen LogP contribution >= 0.6 is 24.0 Å². The number of benzene rings is 2. The average Bonchev–Trinajstić information content (AvgIpc) is 3.27. The Bertz CT molecular complexity index is 853. The van der Waals surface area contributed by atoms with Crippen molar-refractivity contribution in [2.45, 2.75) is 38.6 Å². The van der Waals surface area contributed by atoms with E-state index in [0.29, 0.717) is 31.0 Å². The summed E-state index contributed by atoms with van der Waals surface area (Å²) in [7, 11) is 1.71.